The van der Waals surface area contributed by atoms with Crippen LogP contribution in [0.1, 0.15) is 31.5 Å². The largest absolute Gasteiger partial charge is 0.480 e. The van der Waals surface area contributed by atoms with Crippen molar-refractivity contribution in [2.45, 2.75) is 25.9 Å². The molecule has 2 rings (SSSR count). The van der Waals surface area contributed by atoms with Crippen LogP contribution in [-0.2, 0) is 4.79 Å². The van der Waals surface area contributed by atoms with Crippen molar-refractivity contribution in [2.75, 3.05) is 26.2 Å². The van der Waals surface area contributed by atoms with E-state index in [2.05, 4.69) is 10.4 Å². The van der Waals surface area contributed by atoms with Gasteiger partial charge in [0.15, 0.2) is 0 Å². The molecule has 6 nitrogen and oxygen atoms in total. The smallest absolute Gasteiger partial charge is 0.325 e. The zero-order chi connectivity index (χ0) is 13.1. The first-order valence-electron chi connectivity index (χ1n) is 6.31. The van der Waals surface area contributed by atoms with E-state index in [0.717, 1.165) is 31.7 Å². The minimum absolute atomic E-state index is 0.246. The molecule has 0 spiro atoms. The fourth-order valence-electron chi connectivity index (χ4n) is 2.23. The van der Waals surface area contributed by atoms with Crippen LogP contribution < -0.4 is 5.32 Å². The zero-order valence-corrected chi connectivity index (χ0v) is 10.8. The third kappa shape index (κ3) is 2.70. The van der Waals surface area contributed by atoms with Crippen molar-refractivity contribution < 1.29 is 9.90 Å². The van der Waals surface area contributed by atoms with Crippen molar-refractivity contribution in [3.63, 3.8) is 0 Å². The van der Waals surface area contributed by atoms with Gasteiger partial charge in [0, 0.05) is 44.0 Å². The molecule has 18 heavy (non-hydrogen) atoms. The molecule has 0 saturated carbocycles. The predicted molar refractivity (Wildman–Crippen MR) is 67.4 cm³/mol. The monoisotopic (exact) mass is 252 g/mol. The summed E-state index contributed by atoms with van der Waals surface area (Å²) in [5.74, 6) is -0.805. The van der Waals surface area contributed by atoms with Crippen molar-refractivity contribution in [3.8, 4) is 0 Å². The van der Waals surface area contributed by atoms with Gasteiger partial charge in [-0.15, -0.1) is 0 Å². The number of aliphatic carboxylic acids is 1. The molecule has 0 bridgehead atoms. The van der Waals surface area contributed by atoms with Crippen molar-refractivity contribution in [1.82, 2.24) is 20.0 Å². The number of carbonyl (C=O) groups is 1. The second-order valence-corrected chi connectivity index (χ2v) is 4.87. The van der Waals surface area contributed by atoms with Crippen LogP contribution in [0.3, 0.4) is 0 Å². The molecule has 1 unspecified atom stereocenters. The third-order valence-electron chi connectivity index (χ3n) is 3.22. The lowest BCUT2D eigenvalue weighted by Crippen LogP contribution is -2.47. The summed E-state index contributed by atoms with van der Waals surface area (Å²) in [6.45, 7) is 7.23. The summed E-state index contributed by atoms with van der Waals surface area (Å²) in [5.41, 5.74) is 0.762. The number of rotatable bonds is 4. The molecule has 100 valence electrons. The molecule has 2 N–H and O–H groups in total. The number of nitrogens with one attached hydrogen (secondary N) is 1. The molecular weight excluding hydrogens is 232 g/mol. The first-order chi connectivity index (χ1) is 8.59. The molecule has 1 aromatic rings. The van der Waals surface area contributed by atoms with Gasteiger partial charge in [-0.2, -0.15) is 5.10 Å². The van der Waals surface area contributed by atoms with Gasteiger partial charge >= 0.3 is 5.97 Å². The van der Waals surface area contributed by atoms with E-state index >= 15 is 0 Å². The maximum absolute atomic E-state index is 11.5. The molecular formula is C12H20N4O2. The minimum Gasteiger partial charge on any atom is -0.480 e. The molecule has 1 saturated heterocycles. The lowest BCUT2D eigenvalue weighted by Gasteiger charge is -2.31. The standard InChI is InChI=1S/C12H20N4O2/c1-9(2)16-8-10(7-14-16)11(12(17)18)15-5-3-13-4-6-15/h7-9,11,13H,3-6H2,1-2H3,(H,17,18). The molecule has 2 heterocycles. The summed E-state index contributed by atoms with van der Waals surface area (Å²) in [6.07, 6.45) is 3.51. The summed E-state index contributed by atoms with van der Waals surface area (Å²) in [4.78, 5) is 13.5. The van der Waals surface area contributed by atoms with Crippen LogP contribution in [0.2, 0.25) is 0 Å². The van der Waals surface area contributed by atoms with E-state index in [9.17, 15) is 9.90 Å². The number of carboxylic acid groups (broad SMARTS) is 1. The molecule has 6 heteroatoms. The van der Waals surface area contributed by atoms with Crippen molar-refractivity contribution in [3.05, 3.63) is 18.0 Å². The highest BCUT2D eigenvalue weighted by atomic mass is 16.4. The highest BCUT2D eigenvalue weighted by molar-refractivity contribution is 5.75. The topological polar surface area (TPSA) is 70.4 Å². The van der Waals surface area contributed by atoms with Gasteiger partial charge in [0.25, 0.3) is 0 Å². The van der Waals surface area contributed by atoms with Gasteiger partial charge in [0.05, 0.1) is 6.20 Å². The molecule has 0 aliphatic carbocycles. The van der Waals surface area contributed by atoms with Crippen LogP contribution >= 0.6 is 0 Å². The molecule has 0 amide bonds. The SMILES string of the molecule is CC(C)n1cc(C(C(=O)O)N2CCNCC2)cn1. The van der Waals surface area contributed by atoms with E-state index in [0.29, 0.717) is 0 Å². The Balaban J connectivity index is 2.20. The van der Waals surface area contributed by atoms with Gasteiger partial charge in [-0.1, -0.05) is 0 Å². The van der Waals surface area contributed by atoms with E-state index in [1.165, 1.54) is 0 Å². The van der Waals surface area contributed by atoms with E-state index in [4.69, 9.17) is 0 Å². The number of aromatic nitrogens is 2. The zero-order valence-electron chi connectivity index (χ0n) is 10.8. The lowest BCUT2D eigenvalue weighted by atomic mass is 10.1. The van der Waals surface area contributed by atoms with E-state index in [1.54, 1.807) is 10.9 Å². The average Bonchev–Trinajstić information content (AvgIpc) is 2.79. The van der Waals surface area contributed by atoms with Gasteiger partial charge in [-0.25, -0.2) is 0 Å². The maximum Gasteiger partial charge on any atom is 0.325 e. The van der Waals surface area contributed by atoms with Crippen LogP contribution in [0, 0.1) is 0 Å². The van der Waals surface area contributed by atoms with E-state index < -0.39 is 12.0 Å². The van der Waals surface area contributed by atoms with Crippen LogP contribution in [0.15, 0.2) is 12.4 Å². The van der Waals surface area contributed by atoms with Crippen LogP contribution in [-0.4, -0.2) is 51.9 Å². The van der Waals surface area contributed by atoms with E-state index in [1.807, 2.05) is 24.9 Å². The summed E-state index contributed by atoms with van der Waals surface area (Å²) in [5, 5.41) is 16.9. The van der Waals surface area contributed by atoms with Crippen LogP contribution in [0.25, 0.3) is 0 Å². The molecule has 0 radical (unpaired) electrons. The van der Waals surface area contributed by atoms with Gasteiger partial charge in [-0.05, 0) is 13.8 Å². The Kier molecular flexibility index (Phi) is 3.98. The van der Waals surface area contributed by atoms with Gasteiger partial charge < -0.3 is 10.4 Å². The summed E-state index contributed by atoms with van der Waals surface area (Å²) in [6, 6.07) is -0.337. The molecule has 1 atom stereocenters. The molecule has 0 aromatic carbocycles. The quantitative estimate of drug-likeness (QED) is 0.816. The Morgan fingerprint density at radius 1 is 1.44 bits per heavy atom. The number of hydrogen-bond acceptors (Lipinski definition) is 4. The van der Waals surface area contributed by atoms with Crippen LogP contribution in [0.4, 0.5) is 0 Å². The Bertz CT molecular complexity index is 410. The van der Waals surface area contributed by atoms with Gasteiger partial charge in [0.2, 0.25) is 0 Å². The maximum atomic E-state index is 11.5. The Labute approximate surface area is 107 Å². The van der Waals surface area contributed by atoms with E-state index in [-0.39, 0.29) is 6.04 Å². The highest BCUT2D eigenvalue weighted by Crippen LogP contribution is 2.22. The van der Waals surface area contributed by atoms with Crippen molar-refractivity contribution in [2.24, 2.45) is 0 Å². The Hall–Kier alpha value is -1.40. The number of hydrogen-bond donors (Lipinski definition) is 2. The number of piperazine rings is 1. The predicted octanol–water partition coefficient (Wildman–Crippen LogP) is 0.495. The van der Waals surface area contributed by atoms with Crippen molar-refractivity contribution >= 4 is 5.97 Å². The second-order valence-electron chi connectivity index (χ2n) is 4.87. The second kappa shape index (κ2) is 5.49. The molecule has 1 fully saturated rings. The normalized spacial score (nSPS) is 19.1. The molecule has 1 aromatic heterocycles. The minimum atomic E-state index is -0.805. The number of carboxylic acids is 1. The lowest BCUT2D eigenvalue weighted by molar-refractivity contribution is -0.143. The van der Waals surface area contributed by atoms with Crippen LogP contribution in [0.5, 0.6) is 0 Å². The fourth-order valence-corrected chi connectivity index (χ4v) is 2.23. The Morgan fingerprint density at radius 3 is 2.61 bits per heavy atom. The fraction of sp³-hybridized carbons (Fsp3) is 0.667. The van der Waals surface area contributed by atoms with Gasteiger partial charge in [0.1, 0.15) is 6.04 Å². The Morgan fingerprint density at radius 2 is 2.11 bits per heavy atom. The highest BCUT2D eigenvalue weighted by Gasteiger charge is 2.29. The summed E-state index contributed by atoms with van der Waals surface area (Å²) in [7, 11) is 0. The molecule has 1 aliphatic rings. The first kappa shape index (κ1) is 13.0. The van der Waals surface area contributed by atoms with Crippen molar-refractivity contribution in [1.29, 1.82) is 0 Å². The third-order valence-corrected chi connectivity index (χ3v) is 3.22. The number of nitrogens with zero attached hydrogens (tertiary/aromatic N) is 3. The molecule has 1 aliphatic heterocycles. The summed E-state index contributed by atoms with van der Waals surface area (Å²) < 4.78 is 1.80. The summed E-state index contributed by atoms with van der Waals surface area (Å²) >= 11 is 0. The van der Waals surface area contributed by atoms with Gasteiger partial charge in [-0.3, -0.25) is 14.4 Å². The first-order valence-corrected chi connectivity index (χ1v) is 6.31. The average molecular weight is 252 g/mol.